The molecule has 0 aliphatic rings. The van der Waals surface area contributed by atoms with Crippen molar-refractivity contribution < 1.29 is 19.1 Å². The highest BCUT2D eigenvalue weighted by Gasteiger charge is 2.05. The molecule has 0 fully saturated rings. The SMILES string of the molecule is O=C(C=Cc1ccc(C(=O)O)cc1)NCc1nc2ccc(F)cc2[nH]1. The number of imidazole rings is 1. The van der Waals surface area contributed by atoms with Crippen LogP contribution in [0.3, 0.4) is 0 Å². The molecule has 25 heavy (non-hydrogen) atoms. The minimum Gasteiger partial charge on any atom is -0.478 e. The second-order valence-electron chi connectivity index (χ2n) is 5.32. The summed E-state index contributed by atoms with van der Waals surface area (Å²) in [4.78, 5) is 29.8. The molecule has 126 valence electrons. The van der Waals surface area contributed by atoms with Crippen molar-refractivity contribution in [3.63, 3.8) is 0 Å². The average Bonchev–Trinajstić information content (AvgIpc) is 3.00. The first kappa shape index (κ1) is 16.4. The van der Waals surface area contributed by atoms with Crippen LogP contribution < -0.4 is 5.32 Å². The second-order valence-corrected chi connectivity index (χ2v) is 5.32. The molecule has 3 aromatic rings. The summed E-state index contributed by atoms with van der Waals surface area (Å²) in [7, 11) is 0. The molecule has 0 radical (unpaired) electrons. The number of aromatic amines is 1. The van der Waals surface area contributed by atoms with E-state index >= 15 is 0 Å². The summed E-state index contributed by atoms with van der Waals surface area (Å²) in [5.41, 5.74) is 2.08. The van der Waals surface area contributed by atoms with E-state index in [1.54, 1.807) is 24.3 Å². The van der Waals surface area contributed by atoms with E-state index in [0.717, 1.165) is 0 Å². The molecule has 6 nitrogen and oxygen atoms in total. The van der Waals surface area contributed by atoms with Gasteiger partial charge in [-0.05, 0) is 42.0 Å². The largest absolute Gasteiger partial charge is 0.478 e. The molecule has 0 spiro atoms. The van der Waals surface area contributed by atoms with Crippen molar-refractivity contribution in [3.05, 3.63) is 71.3 Å². The molecule has 0 bridgehead atoms. The Morgan fingerprint density at radius 2 is 1.96 bits per heavy atom. The summed E-state index contributed by atoms with van der Waals surface area (Å²) in [5.74, 6) is -1.16. The Labute approximate surface area is 142 Å². The summed E-state index contributed by atoms with van der Waals surface area (Å²) in [6.45, 7) is 0.178. The van der Waals surface area contributed by atoms with E-state index in [4.69, 9.17) is 5.11 Å². The van der Waals surface area contributed by atoms with Crippen molar-refractivity contribution >= 4 is 29.0 Å². The first-order valence-electron chi connectivity index (χ1n) is 7.45. The van der Waals surface area contributed by atoms with E-state index in [1.807, 2.05) is 0 Å². The number of amides is 1. The topological polar surface area (TPSA) is 95.1 Å². The molecule has 7 heteroatoms. The Hall–Kier alpha value is -3.48. The fourth-order valence-corrected chi connectivity index (χ4v) is 2.26. The van der Waals surface area contributed by atoms with Gasteiger partial charge in [-0.15, -0.1) is 0 Å². The molecule has 0 aliphatic carbocycles. The monoisotopic (exact) mass is 339 g/mol. The third-order valence-electron chi connectivity index (χ3n) is 3.51. The van der Waals surface area contributed by atoms with Crippen molar-refractivity contribution in [1.29, 1.82) is 0 Å². The zero-order chi connectivity index (χ0) is 17.8. The molecule has 0 saturated carbocycles. The number of H-pyrrole nitrogens is 1. The molecule has 0 saturated heterocycles. The van der Waals surface area contributed by atoms with Gasteiger partial charge in [-0.3, -0.25) is 4.79 Å². The number of carbonyl (C=O) groups excluding carboxylic acids is 1. The fraction of sp³-hybridized carbons (Fsp3) is 0.0556. The van der Waals surface area contributed by atoms with E-state index in [2.05, 4.69) is 15.3 Å². The van der Waals surface area contributed by atoms with Gasteiger partial charge in [-0.25, -0.2) is 14.2 Å². The van der Waals surface area contributed by atoms with Crippen molar-refractivity contribution in [2.75, 3.05) is 0 Å². The maximum absolute atomic E-state index is 13.1. The molecule has 3 rings (SSSR count). The lowest BCUT2D eigenvalue weighted by Crippen LogP contribution is -2.20. The minimum absolute atomic E-state index is 0.178. The normalized spacial score (nSPS) is 11.1. The Kier molecular flexibility index (Phi) is 4.56. The van der Waals surface area contributed by atoms with Gasteiger partial charge in [0, 0.05) is 6.08 Å². The van der Waals surface area contributed by atoms with E-state index < -0.39 is 5.97 Å². The van der Waals surface area contributed by atoms with Gasteiger partial charge in [0.25, 0.3) is 0 Å². The molecule has 1 amide bonds. The summed E-state index contributed by atoms with van der Waals surface area (Å²) in [6.07, 6.45) is 2.92. The summed E-state index contributed by atoms with van der Waals surface area (Å²) in [5, 5.41) is 11.5. The number of carboxylic acids is 1. The van der Waals surface area contributed by atoms with Gasteiger partial charge >= 0.3 is 5.97 Å². The van der Waals surface area contributed by atoms with Crippen molar-refractivity contribution in [1.82, 2.24) is 15.3 Å². The molecule has 0 unspecified atom stereocenters. The van der Waals surface area contributed by atoms with Gasteiger partial charge < -0.3 is 15.4 Å². The second kappa shape index (κ2) is 6.96. The van der Waals surface area contributed by atoms with Crippen molar-refractivity contribution in [3.8, 4) is 0 Å². The number of benzene rings is 2. The van der Waals surface area contributed by atoms with Crippen molar-refractivity contribution in [2.24, 2.45) is 0 Å². The molecular formula is C18H14FN3O3. The van der Waals surface area contributed by atoms with Crippen LogP contribution in [0.15, 0.2) is 48.5 Å². The molecular weight excluding hydrogens is 325 g/mol. The van der Waals surface area contributed by atoms with Gasteiger partial charge in [-0.1, -0.05) is 12.1 Å². The smallest absolute Gasteiger partial charge is 0.335 e. The number of aromatic nitrogens is 2. The maximum Gasteiger partial charge on any atom is 0.335 e. The number of fused-ring (bicyclic) bond motifs is 1. The van der Waals surface area contributed by atoms with Gasteiger partial charge in [-0.2, -0.15) is 0 Å². The van der Waals surface area contributed by atoms with Crippen LogP contribution in [0, 0.1) is 5.82 Å². The first-order valence-corrected chi connectivity index (χ1v) is 7.45. The van der Waals surface area contributed by atoms with Crippen LogP contribution in [0.5, 0.6) is 0 Å². The number of rotatable bonds is 5. The molecule has 1 aromatic heterocycles. The number of hydrogen-bond acceptors (Lipinski definition) is 3. The summed E-state index contributed by atoms with van der Waals surface area (Å²) >= 11 is 0. The van der Waals surface area contributed by atoms with Crippen LogP contribution in [-0.4, -0.2) is 27.0 Å². The van der Waals surface area contributed by atoms with E-state index in [0.29, 0.717) is 22.4 Å². The van der Waals surface area contributed by atoms with Crippen molar-refractivity contribution in [2.45, 2.75) is 6.54 Å². The lowest BCUT2D eigenvalue weighted by atomic mass is 10.1. The Morgan fingerprint density at radius 3 is 2.68 bits per heavy atom. The van der Waals surface area contributed by atoms with Gasteiger partial charge in [0.1, 0.15) is 11.6 Å². The number of halogens is 1. The minimum atomic E-state index is -1.00. The van der Waals surface area contributed by atoms with Crippen LogP contribution in [0.1, 0.15) is 21.7 Å². The Bertz CT molecular complexity index is 961. The standard InChI is InChI=1S/C18H14FN3O3/c19-13-6-7-14-15(9-13)22-16(21-14)10-20-17(23)8-3-11-1-4-12(5-2-11)18(24)25/h1-9H,10H2,(H,20,23)(H,21,22)(H,24,25). The number of carbonyl (C=O) groups is 2. The van der Waals surface area contributed by atoms with Gasteiger partial charge in [0.15, 0.2) is 0 Å². The predicted molar refractivity (Wildman–Crippen MR) is 90.3 cm³/mol. The van der Waals surface area contributed by atoms with Crippen LogP contribution in [-0.2, 0) is 11.3 Å². The van der Waals surface area contributed by atoms with Crippen LogP contribution in [0.25, 0.3) is 17.1 Å². The van der Waals surface area contributed by atoms with Crippen LogP contribution in [0.4, 0.5) is 4.39 Å². The molecule has 0 aliphatic heterocycles. The van der Waals surface area contributed by atoms with E-state index in [-0.39, 0.29) is 23.8 Å². The molecule has 2 aromatic carbocycles. The van der Waals surface area contributed by atoms with E-state index in [9.17, 15) is 14.0 Å². The highest BCUT2D eigenvalue weighted by molar-refractivity contribution is 5.92. The number of carboxylic acid groups (broad SMARTS) is 1. The molecule has 1 heterocycles. The fourth-order valence-electron chi connectivity index (χ4n) is 2.26. The number of nitrogens with one attached hydrogen (secondary N) is 2. The number of aromatic carboxylic acids is 1. The summed E-state index contributed by atoms with van der Waals surface area (Å²) < 4.78 is 13.1. The highest BCUT2D eigenvalue weighted by atomic mass is 19.1. The number of hydrogen-bond donors (Lipinski definition) is 3. The van der Waals surface area contributed by atoms with Gasteiger partial charge in [0.05, 0.1) is 23.1 Å². The van der Waals surface area contributed by atoms with Crippen LogP contribution in [0.2, 0.25) is 0 Å². The lowest BCUT2D eigenvalue weighted by molar-refractivity contribution is -0.116. The zero-order valence-corrected chi connectivity index (χ0v) is 13.0. The summed E-state index contributed by atoms with van der Waals surface area (Å²) in [6, 6.07) is 10.4. The molecule has 0 atom stereocenters. The maximum atomic E-state index is 13.1. The van der Waals surface area contributed by atoms with Gasteiger partial charge in [0.2, 0.25) is 5.91 Å². The highest BCUT2D eigenvalue weighted by Crippen LogP contribution is 2.12. The quantitative estimate of drug-likeness (QED) is 0.623. The zero-order valence-electron chi connectivity index (χ0n) is 13.0. The van der Waals surface area contributed by atoms with E-state index in [1.165, 1.54) is 30.3 Å². The third-order valence-corrected chi connectivity index (χ3v) is 3.51. The number of nitrogens with zero attached hydrogens (tertiary/aromatic N) is 1. The van der Waals surface area contributed by atoms with Crippen LogP contribution >= 0.6 is 0 Å². The molecule has 3 N–H and O–H groups in total. The predicted octanol–water partition coefficient (Wildman–Crippen LogP) is 2.73. The Balaban J connectivity index is 1.58. The third kappa shape index (κ3) is 4.08. The lowest BCUT2D eigenvalue weighted by Gasteiger charge is -1.99. The average molecular weight is 339 g/mol. The Morgan fingerprint density at radius 1 is 1.20 bits per heavy atom. The first-order chi connectivity index (χ1) is 12.0.